The summed E-state index contributed by atoms with van der Waals surface area (Å²) in [6.07, 6.45) is 4.38. The number of ether oxygens (including phenoxy) is 1. The van der Waals surface area contributed by atoms with Crippen LogP contribution in [0.5, 0.6) is 0 Å². The summed E-state index contributed by atoms with van der Waals surface area (Å²) in [6.45, 7) is 5.95. The summed E-state index contributed by atoms with van der Waals surface area (Å²) in [5.74, 6) is 0.635. The minimum absolute atomic E-state index is 0.0803. The Hall–Kier alpha value is -3.85. The van der Waals surface area contributed by atoms with Gasteiger partial charge in [0.2, 0.25) is 5.91 Å². The van der Waals surface area contributed by atoms with Crippen LogP contribution in [0, 0.1) is 11.8 Å². The van der Waals surface area contributed by atoms with E-state index < -0.39 is 6.04 Å². The third kappa shape index (κ3) is 7.83. The number of benzene rings is 3. The van der Waals surface area contributed by atoms with Gasteiger partial charge in [-0.2, -0.15) is 0 Å². The molecule has 6 rings (SSSR count). The average Bonchev–Trinajstić information content (AvgIpc) is 3.51. The molecule has 0 aliphatic carbocycles. The van der Waals surface area contributed by atoms with Gasteiger partial charge in [0.15, 0.2) is 0 Å². The van der Waals surface area contributed by atoms with E-state index >= 15 is 0 Å². The van der Waals surface area contributed by atoms with Crippen LogP contribution in [0.3, 0.4) is 0 Å². The van der Waals surface area contributed by atoms with E-state index in [4.69, 9.17) is 16.3 Å². The van der Waals surface area contributed by atoms with Gasteiger partial charge in [-0.15, -0.1) is 0 Å². The molecule has 2 amide bonds. The molecule has 248 valence electrons. The van der Waals surface area contributed by atoms with Gasteiger partial charge in [-0.05, 0) is 92.7 Å². The number of nitrogens with one attached hydrogen (secondary N) is 2. The van der Waals surface area contributed by atoms with Gasteiger partial charge in [0.05, 0.1) is 6.04 Å². The van der Waals surface area contributed by atoms with E-state index in [0.717, 1.165) is 59.1 Å². The lowest BCUT2D eigenvalue weighted by molar-refractivity contribution is -0.121. The van der Waals surface area contributed by atoms with Gasteiger partial charge in [0.1, 0.15) is 6.61 Å². The maximum atomic E-state index is 14.8. The van der Waals surface area contributed by atoms with Crippen LogP contribution in [0.15, 0.2) is 79.0 Å². The highest BCUT2D eigenvalue weighted by Crippen LogP contribution is 2.35. The van der Waals surface area contributed by atoms with Crippen LogP contribution < -0.4 is 10.2 Å². The van der Waals surface area contributed by atoms with E-state index in [1.165, 1.54) is 0 Å². The van der Waals surface area contributed by atoms with E-state index in [1.54, 1.807) is 4.90 Å². The number of hydrogen-bond donors (Lipinski definition) is 2. The highest BCUT2D eigenvalue weighted by atomic mass is 35.5. The van der Waals surface area contributed by atoms with Crippen molar-refractivity contribution >= 4 is 40.2 Å². The molecule has 0 spiro atoms. The Morgan fingerprint density at radius 3 is 2.53 bits per heavy atom. The fourth-order valence-electron chi connectivity index (χ4n) is 7.28. The fraction of sp³-hybridized carbons (Fsp3) is 0.421. The summed E-state index contributed by atoms with van der Waals surface area (Å²) in [5.41, 5.74) is 5.24. The van der Waals surface area contributed by atoms with E-state index in [1.807, 2.05) is 65.6 Å². The second kappa shape index (κ2) is 14.9. The van der Waals surface area contributed by atoms with Gasteiger partial charge < -0.3 is 29.7 Å². The zero-order chi connectivity index (χ0) is 32.9. The number of nitrogens with zero attached hydrogens (tertiary/aromatic N) is 3. The fourth-order valence-corrected chi connectivity index (χ4v) is 7.48. The molecule has 2 N–H and O–H groups in total. The standard InChI is InChI=1S/C38H46ClN5O3/c1-26(33-22-40-34-12-8-7-11-32(33)34)36(37(45)44-24-29(23-42(2)3)19-30-20-31(39)13-14-35(30)44)41-21-27-15-17-43(18-16-27)38(46)47-25-28-9-5-4-6-10-28/h4-14,20,22,26-27,29,36,40-41H,15-19,21,23-25H2,1-3H3/t26?,29-,36?/m1/s1. The zero-order valence-corrected chi connectivity index (χ0v) is 28.4. The molecule has 0 radical (unpaired) electrons. The number of H-pyrrole nitrogens is 1. The lowest BCUT2D eigenvalue weighted by Crippen LogP contribution is -2.54. The van der Waals surface area contributed by atoms with Crippen LogP contribution >= 0.6 is 11.6 Å². The van der Waals surface area contributed by atoms with Crippen LogP contribution in [-0.2, 0) is 22.6 Å². The summed E-state index contributed by atoms with van der Waals surface area (Å²) in [5, 5.41) is 5.58. The Balaban J connectivity index is 1.18. The molecule has 4 aromatic rings. The van der Waals surface area contributed by atoms with Gasteiger partial charge in [-0.25, -0.2) is 4.79 Å². The number of anilines is 1. The molecule has 0 saturated carbocycles. The first-order valence-electron chi connectivity index (χ1n) is 16.8. The Bertz CT molecular complexity index is 1670. The van der Waals surface area contributed by atoms with E-state index in [9.17, 15) is 9.59 Å². The molecule has 3 heterocycles. The second-order valence-corrected chi connectivity index (χ2v) is 13.9. The Kier molecular flexibility index (Phi) is 10.5. The van der Waals surface area contributed by atoms with Crippen molar-refractivity contribution in [3.63, 3.8) is 0 Å². The number of likely N-dealkylation sites (tertiary alicyclic amines) is 1. The Morgan fingerprint density at radius 2 is 1.77 bits per heavy atom. The molecule has 2 aliphatic heterocycles. The van der Waals surface area contributed by atoms with Crippen LogP contribution in [0.4, 0.5) is 10.5 Å². The summed E-state index contributed by atoms with van der Waals surface area (Å²) in [6, 6.07) is 23.5. The van der Waals surface area contributed by atoms with Gasteiger partial charge in [-0.3, -0.25) is 4.79 Å². The molecule has 8 nitrogen and oxygen atoms in total. The first-order valence-corrected chi connectivity index (χ1v) is 17.1. The van der Waals surface area contributed by atoms with Crippen molar-refractivity contribution in [3.05, 3.63) is 101 Å². The Morgan fingerprint density at radius 1 is 1.02 bits per heavy atom. The number of aromatic amines is 1. The number of amides is 2. The van der Waals surface area contributed by atoms with E-state index in [0.29, 0.717) is 43.0 Å². The highest BCUT2D eigenvalue weighted by Gasteiger charge is 2.37. The van der Waals surface area contributed by atoms with Crippen molar-refractivity contribution in [1.82, 2.24) is 20.1 Å². The molecular formula is C38H46ClN5O3. The van der Waals surface area contributed by atoms with Gasteiger partial charge in [0, 0.05) is 59.9 Å². The van der Waals surface area contributed by atoms with Crippen molar-refractivity contribution in [2.45, 2.75) is 44.8 Å². The van der Waals surface area contributed by atoms with Crippen LogP contribution in [0.1, 0.15) is 42.4 Å². The SMILES string of the molecule is CC(c1c[nH]c2ccccc12)C(NCC1CCN(C(=O)OCc2ccccc2)CC1)C(=O)N1C[C@@H](CN(C)C)Cc2cc(Cl)ccc21. The van der Waals surface area contributed by atoms with Gasteiger partial charge in [0.25, 0.3) is 0 Å². The quantitative estimate of drug-likeness (QED) is 0.199. The minimum Gasteiger partial charge on any atom is -0.445 e. The molecule has 47 heavy (non-hydrogen) atoms. The zero-order valence-electron chi connectivity index (χ0n) is 27.6. The normalized spacial score (nSPS) is 18.3. The van der Waals surface area contributed by atoms with Crippen molar-refractivity contribution in [2.24, 2.45) is 11.8 Å². The van der Waals surface area contributed by atoms with Crippen molar-refractivity contribution in [3.8, 4) is 0 Å². The van der Waals surface area contributed by atoms with Gasteiger partial charge >= 0.3 is 6.09 Å². The summed E-state index contributed by atoms with van der Waals surface area (Å²) in [4.78, 5) is 37.0. The summed E-state index contributed by atoms with van der Waals surface area (Å²) >= 11 is 6.44. The molecule has 3 atom stereocenters. The Labute approximate surface area is 283 Å². The van der Waals surface area contributed by atoms with Crippen LogP contribution in [-0.4, -0.2) is 79.6 Å². The number of carbonyl (C=O) groups is 2. The van der Waals surface area contributed by atoms with Crippen molar-refractivity contribution in [1.29, 1.82) is 0 Å². The molecule has 3 aromatic carbocycles. The van der Waals surface area contributed by atoms with Crippen molar-refractivity contribution in [2.75, 3.05) is 51.7 Å². The molecule has 0 bridgehead atoms. The number of carbonyl (C=O) groups excluding carboxylic acids is 2. The third-order valence-corrected chi connectivity index (χ3v) is 9.99. The second-order valence-electron chi connectivity index (χ2n) is 13.5. The molecule has 1 aromatic heterocycles. The monoisotopic (exact) mass is 655 g/mol. The van der Waals surface area contributed by atoms with Crippen LogP contribution in [0.2, 0.25) is 5.02 Å². The topological polar surface area (TPSA) is 80.9 Å². The number of halogens is 1. The number of fused-ring (bicyclic) bond motifs is 2. The molecule has 1 saturated heterocycles. The minimum atomic E-state index is -0.440. The van der Waals surface area contributed by atoms with Crippen molar-refractivity contribution < 1.29 is 14.3 Å². The number of piperidine rings is 1. The average molecular weight is 656 g/mol. The maximum Gasteiger partial charge on any atom is 0.410 e. The molecule has 2 unspecified atom stereocenters. The summed E-state index contributed by atoms with van der Waals surface area (Å²) in [7, 11) is 4.16. The van der Waals surface area contributed by atoms with Crippen LogP contribution in [0.25, 0.3) is 10.9 Å². The molecule has 9 heteroatoms. The smallest absolute Gasteiger partial charge is 0.410 e. The number of rotatable bonds is 10. The first-order chi connectivity index (χ1) is 22.8. The highest BCUT2D eigenvalue weighted by molar-refractivity contribution is 6.30. The predicted octanol–water partition coefficient (Wildman–Crippen LogP) is 6.70. The van der Waals surface area contributed by atoms with Gasteiger partial charge in [-0.1, -0.05) is 67.1 Å². The largest absolute Gasteiger partial charge is 0.445 e. The number of hydrogen-bond acceptors (Lipinski definition) is 5. The lowest BCUT2D eigenvalue weighted by atomic mass is 9.88. The lowest BCUT2D eigenvalue weighted by Gasteiger charge is -2.39. The maximum absolute atomic E-state index is 14.8. The van der Waals surface area contributed by atoms with E-state index in [2.05, 4.69) is 54.5 Å². The molecule has 1 fully saturated rings. The number of para-hydroxylation sites is 1. The third-order valence-electron chi connectivity index (χ3n) is 9.75. The predicted molar refractivity (Wildman–Crippen MR) is 189 cm³/mol. The first kappa shape index (κ1) is 33.1. The van der Waals surface area contributed by atoms with E-state index in [-0.39, 0.29) is 24.5 Å². The molecule has 2 aliphatic rings. The molecular weight excluding hydrogens is 610 g/mol. The summed E-state index contributed by atoms with van der Waals surface area (Å²) < 4.78 is 5.58. The number of aromatic nitrogens is 1.